The van der Waals surface area contributed by atoms with Crippen molar-refractivity contribution < 1.29 is 25.0 Å². The van der Waals surface area contributed by atoms with Gasteiger partial charge in [0, 0.05) is 45.6 Å². The first-order valence-electron chi connectivity index (χ1n) is 0. The molecule has 0 saturated heterocycles. The van der Waals surface area contributed by atoms with Gasteiger partial charge >= 0.3 is 19.5 Å². The van der Waals surface area contributed by atoms with Crippen molar-refractivity contribution in [2.75, 3.05) is 0 Å². The van der Waals surface area contributed by atoms with Crippen LogP contribution in [-0.2, 0) is 25.0 Å². The van der Waals surface area contributed by atoms with Crippen LogP contribution in [0.25, 0.3) is 0 Å². The first-order valence-corrected chi connectivity index (χ1v) is 0. The van der Waals surface area contributed by atoms with Gasteiger partial charge in [-0.2, -0.15) is 0 Å². The molecular formula is GaInOZn. The molecule has 0 saturated carbocycles. The van der Waals surface area contributed by atoms with Crippen LogP contribution in [-0.4, -0.2) is 45.6 Å². The predicted molar refractivity (Wildman–Crippen MR) is 12.2 cm³/mol. The maximum Gasteiger partial charge on any atom is 2.00 e. The van der Waals surface area contributed by atoms with Crippen LogP contribution in [0.4, 0.5) is 0 Å². The van der Waals surface area contributed by atoms with E-state index in [2.05, 4.69) is 0 Å². The molecule has 0 atom stereocenters. The summed E-state index contributed by atoms with van der Waals surface area (Å²) in [5.41, 5.74) is 0. The van der Waals surface area contributed by atoms with Crippen molar-refractivity contribution in [1.29, 1.82) is 0 Å². The van der Waals surface area contributed by atoms with Crippen LogP contribution in [0.3, 0.4) is 0 Å². The Morgan fingerprint density at radius 2 is 1.00 bits per heavy atom. The van der Waals surface area contributed by atoms with Gasteiger partial charge in [-0.15, -0.1) is 0 Å². The minimum Gasteiger partial charge on any atom is -2.00 e. The molecular weight excluding hydrogens is 266 g/mol. The Bertz CT molecular complexity index is 8.00. The topological polar surface area (TPSA) is 28.5 Å². The first-order chi connectivity index (χ1) is 0. The van der Waals surface area contributed by atoms with E-state index in [1.165, 1.54) is 0 Å². The summed E-state index contributed by atoms with van der Waals surface area (Å²) in [6.45, 7) is 0. The zero-order chi connectivity index (χ0) is 0. The zero-order valence-electron chi connectivity index (χ0n) is 2.27. The van der Waals surface area contributed by atoms with E-state index in [1.54, 1.807) is 0 Å². The average Bonchev–Trinajstić information content (AvgIpc) is 0. The van der Waals surface area contributed by atoms with Crippen LogP contribution in [0, 0.1) is 0 Å². The Morgan fingerprint density at radius 3 is 1.00 bits per heavy atom. The summed E-state index contributed by atoms with van der Waals surface area (Å²) in [5, 5.41) is 0. The first kappa shape index (κ1) is 36.1. The largest absolute Gasteiger partial charge is 2.00 e. The van der Waals surface area contributed by atoms with Crippen LogP contribution in [0.5, 0.6) is 0 Å². The maximum absolute atomic E-state index is 0. The van der Waals surface area contributed by atoms with Gasteiger partial charge in [-0.1, -0.05) is 0 Å². The zero-order valence-corrected chi connectivity index (χ0v) is 11.0. The fourth-order valence-electron chi connectivity index (χ4n) is 0. The fraction of sp³-hybridized carbons (Fsp3) is 0. The molecule has 4 heavy (non-hydrogen) atoms. The molecule has 0 aromatic carbocycles. The summed E-state index contributed by atoms with van der Waals surface area (Å²) in [6.07, 6.45) is 0. The molecule has 14 valence electrons. The second-order valence-electron chi connectivity index (χ2n) is 0. The molecule has 0 spiro atoms. The Kier molecular flexibility index (Phi) is 176. The van der Waals surface area contributed by atoms with Crippen LogP contribution in [0.2, 0.25) is 0 Å². The molecule has 1 nitrogen and oxygen atoms in total. The van der Waals surface area contributed by atoms with E-state index in [9.17, 15) is 0 Å². The summed E-state index contributed by atoms with van der Waals surface area (Å²) in [7, 11) is 0. The summed E-state index contributed by atoms with van der Waals surface area (Å²) in [5.74, 6) is 0. The Hall–Kier alpha value is 2.09. The summed E-state index contributed by atoms with van der Waals surface area (Å²) < 4.78 is 0. The van der Waals surface area contributed by atoms with Crippen molar-refractivity contribution in [3.8, 4) is 0 Å². The minimum absolute atomic E-state index is 0. The molecule has 6 radical (unpaired) electrons. The molecule has 0 unspecified atom stereocenters. The number of rotatable bonds is 0. The van der Waals surface area contributed by atoms with Crippen LogP contribution >= 0.6 is 0 Å². The van der Waals surface area contributed by atoms with E-state index >= 15 is 0 Å². The van der Waals surface area contributed by atoms with Gasteiger partial charge in [0.05, 0.1) is 0 Å². The van der Waals surface area contributed by atoms with Gasteiger partial charge in [-0.05, 0) is 0 Å². The molecule has 0 heterocycles. The van der Waals surface area contributed by atoms with Crippen LogP contribution < -0.4 is 0 Å². The van der Waals surface area contributed by atoms with Gasteiger partial charge in [0.2, 0.25) is 0 Å². The monoisotopic (exact) mass is 264 g/mol. The number of hydrogen-bond acceptors (Lipinski definition) is 0. The third-order valence-electron chi connectivity index (χ3n) is 0. The third-order valence-corrected chi connectivity index (χ3v) is 0. The Labute approximate surface area is 69.8 Å². The number of hydrogen-bond donors (Lipinski definition) is 0. The molecule has 0 aromatic heterocycles. The van der Waals surface area contributed by atoms with Gasteiger partial charge in [0.25, 0.3) is 0 Å². The van der Waals surface area contributed by atoms with E-state index in [0.717, 1.165) is 0 Å². The molecule has 0 aliphatic rings. The minimum atomic E-state index is 0. The van der Waals surface area contributed by atoms with Gasteiger partial charge in [-0.25, -0.2) is 0 Å². The molecule has 0 aliphatic carbocycles. The molecule has 0 N–H and O–H groups in total. The Morgan fingerprint density at radius 1 is 1.00 bits per heavy atom. The normalized spacial score (nSPS) is 0. The van der Waals surface area contributed by atoms with Gasteiger partial charge in [0.15, 0.2) is 0 Å². The summed E-state index contributed by atoms with van der Waals surface area (Å²) in [6, 6.07) is 0. The standard InChI is InChI=1S/Ga.In.O.Zn/q;;-2;+2. The summed E-state index contributed by atoms with van der Waals surface area (Å²) in [4.78, 5) is 0. The van der Waals surface area contributed by atoms with Gasteiger partial charge in [0.1, 0.15) is 0 Å². The second-order valence-corrected chi connectivity index (χ2v) is 0. The fourth-order valence-corrected chi connectivity index (χ4v) is 0. The van der Waals surface area contributed by atoms with E-state index in [4.69, 9.17) is 0 Å². The van der Waals surface area contributed by atoms with Crippen molar-refractivity contribution in [2.45, 2.75) is 0 Å². The van der Waals surface area contributed by atoms with Gasteiger partial charge in [-0.3, -0.25) is 0 Å². The molecule has 0 bridgehead atoms. The van der Waals surface area contributed by atoms with Crippen molar-refractivity contribution in [3.05, 3.63) is 0 Å². The van der Waals surface area contributed by atoms with Crippen molar-refractivity contribution >= 4 is 45.6 Å². The summed E-state index contributed by atoms with van der Waals surface area (Å²) >= 11 is 0. The second kappa shape index (κ2) is 19.5. The van der Waals surface area contributed by atoms with E-state index in [0.29, 0.717) is 0 Å². The molecule has 0 aliphatic heterocycles. The van der Waals surface area contributed by atoms with E-state index < -0.39 is 0 Å². The average molecular weight is 266 g/mol. The predicted octanol–water partition coefficient (Wildman–Crippen LogP) is -0.883. The molecule has 0 rings (SSSR count). The smallest absolute Gasteiger partial charge is 2.00 e. The van der Waals surface area contributed by atoms with Crippen molar-refractivity contribution in [3.63, 3.8) is 0 Å². The molecule has 0 amide bonds. The quantitative estimate of drug-likeness (QED) is 0.509. The molecule has 0 fully saturated rings. The van der Waals surface area contributed by atoms with Crippen molar-refractivity contribution in [1.82, 2.24) is 0 Å². The molecule has 4 heteroatoms. The van der Waals surface area contributed by atoms with Gasteiger partial charge < -0.3 is 5.48 Å². The Balaban J connectivity index is 0. The van der Waals surface area contributed by atoms with Crippen molar-refractivity contribution in [2.24, 2.45) is 0 Å². The maximum atomic E-state index is 0. The SMILES string of the molecule is [Ga].[In].[O-2].[Zn+2]. The third kappa shape index (κ3) is 8.94. The van der Waals surface area contributed by atoms with E-state index in [-0.39, 0.29) is 70.6 Å². The molecule has 0 aromatic rings. The van der Waals surface area contributed by atoms with Crippen LogP contribution in [0.1, 0.15) is 0 Å². The van der Waals surface area contributed by atoms with E-state index in [1.807, 2.05) is 0 Å². The van der Waals surface area contributed by atoms with Crippen LogP contribution in [0.15, 0.2) is 0 Å².